The molecular formula is C21H27N5O3S. The van der Waals surface area contributed by atoms with E-state index in [1.165, 1.54) is 24.8 Å². The van der Waals surface area contributed by atoms with E-state index < -0.39 is 0 Å². The van der Waals surface area contributed by atoms with Gasteiger partial charge in [0.2, 0.25) is 5.88 Å². The normalized spacial score (nSPS) is 12.0. The summed E-state index contributed by atoms with van der Waals surface area (Å²) in [5.74, 6) is 0.728. The van der Waals surface area contributed by atoms with Gasteiger partial charge in [-0.2, -0.15) is 0 Å². The van der Waals surface area contributed by atoms with Crippen molar-refractivity contribution in [2.75, 3.05) is 19.0 Å². The Hall–Kier alpha value is -2.78. The Bertz CT molecular complexity index is 1010. The molecule has 0 saturated heterocycles. The smallest absolute Gasteiger partial charge is 0.348 e. The fraction of sp³-hybridized carbons (Fsp3) is 0.429. The fourth-order valence-corrected chi connectivity index (χ4v) is 4.32. The quantitative estimate of drug-likeness (QED) is 0.461. The van der Waals surface area contributed by atoms with E-state index >= 15 is 0 Å². The Kier molecular flexibility index (Phi) is 7.53. The molecule has 0 aliphatic carbocycles. The van der Waals surface area contributed by atoms with Gasteiger partial charge in [0.25, 0.3) is 0 Å². The number of nitrogens with zero attached hydrogens (tertiary/aromatic N) is 3. The molecule has 3 N–H and O–H groups in total. The van der Waals surface area contributed by atoms with Crippen LogP contribution >= 0.6 is 11.3 Å². The van der Waals surface area contributed by atoms with Crippen LogP contribution in [0.5, 0.6) is 5.88 Å². The molecule has 0 spiro atoms. The van der Waals surface area contributed by atoms with E-state index in [-0.39, 0.29) is 12.1 Å². The largest absolute Gasteiger partial charge is 0.473 e. The van der Waals surface area contributed by atoms with E-state index in [1.54, 1.807) is 6.20 Å². The van der Waals surface area contributed by atoms with Gasteiger partial charge in [0.05, 0.1) is 12.5 Å². The summed E-state index contributed by atoms with van der Waals surface area (Å²) in [6.07, 6.45) is 6.95. The first kappa shape index (κ1) is 21.9. The summed E-state index contributed by atoms with van der Waals surface area (Å²) in [4.78, 5) is 26.4. The summed E-state index contributed by atoms with van der Waals surface area (Å²) in [7, 11) is 1.37. The molecule has 9 heteroatoms. The van der Waals surface area contributed by atoms with Crippen LogP contribution in [-0.2, 0) is 4.74 Å². The topological polar surface area (TPSA) is 112 Å². The number of hydrogen-bond donors (Lipinski definition) is 2. The highest BCUT2D eigenvalue weighted by molar-refractivity contribution is 7.20. The standard InChI is InChI=1S/C21H27N5O3S/c1-4-7-14(8-5-10-22)29-19-15(9-6-11-23-19)26-18-16-13(2)17(21(27)28-3)30-20(16)25-12-24-18/h6,9,11-12,14H,4-5,7-8,10,22H2,1-3H3,(H,24,25,26). The predicted octanol–water partition coefficient (Wildman–Crippen LogP) is 4.21. The van der Waals surface area contributed by atoms with Crippen LogP contribution in [-0.4, -0.2) is 40.7 Å². The van der Waals surface area contributed by atoms with Crippen LogP contribution < -0.4 is 15.8 Å². The highest BCUT2D eigenvalue weighted by Gasteiger charge is 2.21. The highest BCUT2D eigenvalue weighted by atomic mass is 32.1. The molecule has 3 rings (SSSR count). The number of carbonyl (C=O) groups is 1. The average Bonchev–Trinajstić information content (AvgIpc) is 3.10. The molecule has 160 valence electrons. The number of carbonyl (C=O) groups excluding carboxylic acids is 1. The van der Waals surface area contributed by atoms with Crippen LogP contribution in [0.15, 0.2) is 24.7 Å². The Morgan fingerprint density at radius 2 is 2.13 bits per heavy atom. The number of nitrogens with two attached hydrogens (primary N) is 1. The van der Waals surface area contributed by atoms with Crippen LogP contribution in [0.4, 0.5) is 11.5 Å². The van der Waals surface area contributed by atoms with Gasteiger partial charge in [-0.1, -0.05) is 13.3 Å². The van der Waals surface area contributed by atoms with Crippen molar-refractivity contribution in [1.29, 1.82) is 0 Å². The average molecular weight is 430 g/mol. The van der Waals surface area contributed by atoms with Crippen molar-refractivity contribution >= 4 is 39.0 Å². The van der Waals surface area contributed by atoms with Crippen molar-refractivity contribution in [2.24, 2.45) is 5.73 Å². The number of esters is 1. The van der Waals surface area contributed by atoms with Gasteiger partial charge in [-0.05, 0) is 50.4 Å². The SMILES string of the molecule is CCCC(CCCN)Oc1ncccc1Nc1ncnc2sc(C(=O)OC)c(C)c12. The third kappa shape index (κ3) is 4.85. The molecule has 0 bridgehead atoms. The lowest BCUT2D eigenvalue weighted by molar-refractivity contribution is 0.0605. The number of fused-ring (bicyclic) bond motifs is 1. The van der Waals surface area contributed by atoms with E-state index in [0.29, 0.717) is 33.6 Å². The predicted molar refractivity (Wildman–Crippen MR) is 119 cm³/mol. The second kappa shape index (κ2) is 10.3. The van der Waals surface area contributed by atoms with Crippen LogP contribution in [0.1, 0.15) is 47.8 Å². The van der Waals surface area contributed by atoms with E-state index in [1.807, 2.05) is 19.1 Å². The Labute approximate surface area is 179 Å². The molecule has 8 nitrogen and oxygen atoms in total. The number of pyridine rings is 1. The maximum absolute atomic E-state index is 12.1. The molecule has 0 saturated carbocycles. The second-order valence-electron chi connectivity index (χ2n) is 6.89. The van der Waals surface area contributed by atoms with E-state index in [0.717, 1.165) is 36.6 Å². The van der Waals surface area contributed by atoms with Crippen molar-refractivity contribution in [3.8, 4) is 5.88 Å². The Morgan fingerprint density at radius 1 is 1.30 bits per heavy atom. The molecule has 3 aromatic heterocycles. The highest BCUT2D eigenvalue weighted by Crippen LogP contribution is 2.36. The number of methoxy groups -OCH3 is 1. The van der Waals surface area contributed by atoms with Crippen molar-refractivity contribution in [2.45, 2.75) is 45.6 Å². The Morgan fingerprint density at radius 3 is 2.87 bits per heavy atom. The summed E-state index contributed by atoms with van der Waals surface area (Å²) >= 11 is 1.29. The van der Waals surface area contributed by atoms with E-state index in [9.17, 15) is 4.79 Å². The molecular weight excluding hydrogens is 402 g/mol. The minimum atomic E-state index is -0.380. The first-order valence-corrected chi connectivity index (χ1v) is 10.8. The molecule has 30 heavy (non-hydrogen) atoms. The van der Waals surface area contributed by atoms with Gasteiger partial charge in [0.1, 0.15) is 33.6 Å². The molecule has 1 atom stereocenters. The third-order valence-corrected chi connectivity index (χ3v) is 5.92. The van der Waals surface area contributed by atoms with Gasteiger partial charge >= 0.3 is 5.97 Å². The van der Waals surface area contributed by atoms with Crippen LogP contribution in [0.3, 0.4) is 0 Å². The monoisotopic (exact) mass is 429 g/mol. The van der Waals surface area contributed by atoms with Crippen molar-refractivity contribution in [3.63, 3.8) is 0 Å². The van der Waals surface area contributed by atoms with Crippen LogP contribution in [0.2, 0.25) is 0 Å². The molecule has 1 unspecified atom stereocenters. The lowest BCUT2D eigenvalue weighted by Crippen LogP contribution is -2.19. The minimum Gasteiger partial charge on any atom is -0.473 e. The molecule has 3 aromatic rings. The number of rotatable bonds is 10. The van der Waals surface area contributed by atoms with Gasteiger partial charge < -0.3 is 20.5 Å². The maximum atomic E-state index is 12.1. The molecule has 0 amide bonds. The maximum Gasteiger partial charge on any atom is 0.348 e. The number of ether oxygens (including phenoxy) is 2. The van der Waals surface area contributed by atoms with Crippen LogP contribution in [0.25, 0.3) is 10.2 Å². The lowest BCUT2D eigenvalue weighted by Gasteiger charge is -2.20. The summed E-state index contributed by atoms with van der Waals surface area (Å²) in [6, 6.07) is 3.73. The first-order chi connectivity index (χ1) is 14.6. The van der Waals surface area contributed by atoms with Crippen LogP contribution in [0, 0.1) is 6.92 Å². The van der Waals surface area contributed by atoms with Crippen molar-refractivity contribution in [1.82, 2.24) is 15.0 Å². The fourth-order valence-electron chi connectivity index (χ4n) is 3.25. The summed E-state index contributed by atoms with van der Waals surface area (Å²) < 4.78 is 11.1. The number of aryl methyl sites for hydroxylation is 1. The van der Waals surface area contributed by atoms with E-state index in [4.69, 9.17) is 15.2 Å². The molecule has 0 aliphatic rings. The zero-order valence-corrected chi connectivity index (χ0v) is 18.3. The summed E-state index contributed by atoms with van der Waals surface area (Å²) in [6.45, 7) is 4.63. The Balaban J connectivity index is 1.93. The second-order valence-corrected chi connectivity index (χ2v) is 7.89. The zero-order chi connectivity index (χ0) is 21.5. The van der Waals surface area contributed by atoms with Gasteiger partial charge in [-0.15, -0.1) is 11.3 Å². The van der Waals surface area contributed by atoms with Crippen molar-refractivity contribution in [3.05, 3.63) is 35.1 Å². The molecule has 0 aromatic carbocycles. The number of nitrogens with one attached hydrogen (secondary N) is 1. The first-order valence-electron chi connectivity index (χ1n) is 10.00. The summed E-state index contributed by atoms with van der Waals surface area (Å²) in [5.41, 5.74) is 7.15. The molecule has 0 radical (unpaired) electrons. The molecule has 3 heterocycles. The van der Waals surface area contributed by atoms with Gasteiger partial charge in [0, 0.05) is 6.20 Å². The third-order valence-electron chi connectivity index (χ3n) is 4.74. The molecule has 0 fully saturated rings. The summed E-state index contributed by atoms with van der Waals surface area (Å²) in [5, 5.41) is 4.10. The number of thiophene rings is 1. The van der Waals surface area contributed by atoms with Gasteiger partial charge in [-0.3, -0.25) is 0 Å². The van der Waals surface area contributed by atoms with Gasteiger partial charge in [0.15, 0.2) is 0 Å². The lowest BCUT2D eigenvalue weighted by atomic mass is 10.1. The van der Waals surface area contributed by atoms with Gasteiger partial charge in [-0.25, -0.2) is 19.7 Å². The minimum absolute atomic E-state index is 0.0493. The van der Waals surface area contributed by atoms with E-state index in [2.05, 4.69) is 27.2 Å². The number of anilines is 2. The number of aromatic nitrogens is 3. The zero-order valence-electron chi connectivity index (χ0n) is 17.5. The number of hydrogen-bond acceptors (Lipinski definition) is 9. The molecule has 0 aliphatic heterocycles. The van der Waals surface area contributed by atoms with Crippen molar-refractivity contribution < 1.29 is 14.3 Å².